The van der Waals surface area contributed by atoms with Gasteiger partial charge in [-0.2, -0.15) is 0 Å². The molecule has 1 unspecified atom stereocenters. The molecule has 1 heterocycles. The minimum Gasteiger partial charge on any atom is -0.481 e. The molecule has 212 valence electrons. The summed E-state index contributed by atoms with van der Waals surface area (Å²) in [4.78, 5) is 15.9. The lowest BCUT2D eigenvalue weighted by molar-refractivity contribution is -0.136. The van der Waals surface area contributed by atoms with Gasteiger partial charge in [0.2, 0.25) is 0 Å². The molecule has 0 fully saturated rings. The lowest BCUT2D eigenvalue weighted by Crippen LogP contribution is -2.15. The largest absolute Gasteiger partial charge is 0.481 e. The summed E-state index contributed by atoms with van der Waals surface area (Å²) in [5.41, 5.74) is 8.41. The zero-order valence-corrected chi connectivity index (χ0v) is 24.6. The highest BCUT2D eigenvalue weighted by Gasteiger charge is 2.17. The first-order valence-corrected chi connectivity index (χ1v) is 14.9. The summed E-state index contributed by atoms with van der Waals surface area (Å²) in [6, 6.07) is 10.4. The molecule has 40 heavy (non-hydrogen) atoms. The molecular formula is C34H41FN2O2S. The molecule has 6 heteroatoms. The second kappa shape index (κ2) is 16.6. The zero-order chi connectivity index (χ0) is 28.7. The number of allylic oxidation sites excluding steroid dienone is 9. The third kappa shape index (κ3) is 9.60. The maximum atomic E-state index is 11.0. The Morgan fingerprint density at radius 1 is 1.12 bits per heavy atom. The summed E-state index contributed by atoms with van der Waals surface area (Å²) in [6.07, 6.45) is 21.3. The van der Waals surface area contributed by atoms with E-state index >= 15 is 0 Å². The fourth-order valence-electron chi connectivity index (χ4n) is 4.89. The average molecular weight is 561 g/mol. The highest BCUT2D eigenvalue weighted by Crippen LogP contribution is 2.30. The van der Waals surface area contributed by atoms with Crippen molar-refractivity contribution in [2.75, 3.05) is 13.7 Å². The van der Waals surface area contributed by atoms with Crippen LogP contribution in [0, 0.1) is 5.92 Å². The number of carboxylic acid groups (broad SMARTS) is 1. The van der Waals surface area contributed by atoms with E-state index in [1.807, 2.05) is 6.07 Å². The smallest absolute Gasteiger partial charge is 0.303 e. The number of nitrogens with zero attached hydrogens (tertiary/aromatic N) is 1. The molecule has 0 saturated carbocycles. The molecule has 1 atom stereocenters. The number of carbonyl (C=O) groups is 1. The molecule has 0 saturated heterocycles. The van der Waals surface area contributed by atoms with Gasteiger partial charge in [0.05, 0.1) is 17.9 Å². The molecule has 0 amide bonds. The van der Waals surface area contributed by atoms with Gasteiger partial charge in [-0.1, -0.05) is 91.3 Å². The van der Waals surface area contributed by atoms with Crippen LogP contribution in [0.1, 0.15) is 57.4 Å². The van der Waals surface area contributed by atoms with Crippen LogP contribution in [0.15, 0.2) is 106 Å². The van der Waals surface area contributed by atoms with Crippen LogP contribution in [0.5, 0.6) is 0 Å². The number of aromatic nitrogens is 1. The van der Waals surface area contributed by atoms with Crippen LogP contribution in [0.25, 0.3) is 11.3 Å². The number of hydrogen-bond acceptors (Lipinski definition) is 4. The van der Waals surface area contributed by atoms with Gasteiger partial charge < -0.3 is 10.4 Å². The van der Waals surface area contributed by atoms with Gasteiger partial charge in [-0.3, -0.25) is 9.18 Å². The van der Waals surface area contributed by atoms with E-state index in [-0.39, 0.29) is 6.42 Å². The van der Waals surface area contributed by atoms with E-state index in [0.717, 1.165) is 55.6 Å². The highest BCUT2D eigenvalue weighted by atomic mass is 32.1. The van der Waals surface area contributed by atoms with Crippen LogP contribution in [-0.4, -0.2) is 29.8 Å². The molecule has 2 N–H and O–H groups in total. The van der Waals surface area contributed by atoms with Gasteiger partial charge in [0, 0.05) is 42.4 Å². The number of thiazole rings is 1. The predicted molar refractivity (Wildman–Crippen MR) is 166 cm³/mol. The van der Waals surface area contributed by atoms with E-state index in [1.54, 1.807) is 11.3 Å². The monoisotopic (exact) mass is 560 g/mol. The molecule has 4 nitrogen and oxygen atoms in total. The van der Waals surface area contributed by atoms with E-state index in [9.17, 15) is 9.18 Å². The summed E-state index contributed by atoms with van der Waals surface area (Å²) in [7, 11) is 0.500. The van der Waals surface area contributed by atoms with E-state index in [4.69, 9.17) is 10.1 Å². The van der Waals surface area contributed by atoms with Gasteiger partial charge in [-0.25, -0.2) is 4.98 Å². The first-order valence-electron chi connectivity index (χ1n) is 14.0. The maximum Gasteiger partial charge on any atom is 0.303 e. The van der Waals surface area contributed by atoms with E-state index in [2.05, 4.69) is 91.3 Å². The van der Waals surface area contributed by atoms with Gasteiger partial charge in [0.1, 0.15) is 0 Å². The maximum absolute atomic E-state index is 11.0. The molecule has 4 rings (SSSR count). The molecule has 2 aliphatic rings. The van der Waals surface area contributed by atoms with Crippen LogP contribution < -0.4 is 5.32 Å². The van der Waals surface area contributed by atoms with Gasteiger partial charge in [0.15, 0.2) is 0 Å². The lowest BCUT2D eigenvalue weighted by Gasteiger charge is -2.17. The summed E-state index contributed by atoms with van der Waals surface area (Å²) < 4.78 is 9.50. The Kier molecular flexibility index (Phi) is 12.8. The van der Waals surface area contributed by atoms with Crippen LogP contribution >= 0.6 is 11.3 Å². The van der Waals surface area contributed by atoms with E-state index < -0.39 is 5.97 Å². The molecule has 0 radical (unpaired) electrons. The Bertz CT molecular complexity index is 1300. The Morgan fingerprint density at radius 3 is 2.67 bits per heavy atom. The number of rotatable bonds is 12. The Balaban J connectivity index is 0.00000216. The second-order valence-corrected chi connectivity index (χ2v) is 10.9. The standard InChI is InChI=1S/C33H38N2O2S.CH3F/c1-3-8-29(21-32-35-31(23-38-32)28-10-5-4-6-11-28)27-12-7-9-25(14-15-27)22-34-30-18-13-24(2)26(16-19-30)17-20-33(36)37;1-2/h4-7,9-11,13-16,19,23,29,34H,3,8,12,17-18,20-22H2,1-2H3,(H,36,37);1H3. The van der Waals surface area contributed by atoms with Crippen molar-refractivity contribution in [2.24, 2.45) is 5.92 Å². The number of carboxylic acids is 1. The minimum absolute atomic E-state index is 0.162. The number of hydrogen-bond donors (Lipinski definition) is 2. The summed E-state index contributed by atoms with van der Waals surface area (Å²) in [5, 5.41) is 16.0. The van der Waals surface area contributed by atoms with E-state index in [1.165, 1.54) is 27.3 Å². The van der Waals surface area contributed by atoms with Crippen molar-refractivity contribution in [3.63, 3.8) is 0 Å². The van der Waals surface area contributed by atoms with Crippen LogP contribution in [0.3, 0.4) is 0 Å². The van der Waals surface area contributed by atoms with Gasteiger partial charge in [-0.05, 0) is 49.3 Å². The third-order valence-electron chi connectivity index (χ3n) is 7.15. The van der Waals surface area contributed by atoms with Crippen LogP contribution in [-0.2, 0) is 11.2 Å². The number of benzene rings is 1. The first-order chi connectivity index (χ1) is 19.5. The third-order valence-corrected chi connectivity index (χ3v) is 8.02. The van der Waals surface area contributed by atoms with Gasteiger partial charge in [-0.15, -0.1) is 11.3 Å². The summed E-state index contributed by atoms with van der Waals surface area (Å²) in [6.45, 7) is 5.09. The van der Waals surface area contributed by atoms with Crippen LogP contribution in [0.2, 0.25) is 0 Å². The van der Waals surface area contributed by atoms with Crippen molar-refractivity contribution < 1.29 is 14.3 Å². The van der Waals surface area contributed by atoms with Crippen molar-refractivity contribution in [2.45, 2.75) is 58.8 Å². The van der Waals surface area contributed by atoms with E-state index in [0.29, 0.717) is 19.5 Å². The molecule has 0 aliphatic heterocycles. The first kappa shape index (κ1) is 31.0. The fourth-order valence-corrected chi connectivity index (χ4v) is 5.78. The quantitative estimate of drug-likeness (QED) is 0.272. The topological polar surface area (TPSA) is 62.2 Å². The number of halogens is 1. The van der Waals surface area contributed by atoms with Crippen molar-refractivity contribution in [3.8, 4) is 11.3 Å². The fraction of sp³-hybridized carbons (Fsp3) is 0.353. The summed E-state index contributed by atoms with van der Waals surface area (Å²) in [5.74, 6) is -0.260. The second-order valence-electron chi connectivity index (χ2n) is 9.99. The molecular weight excluding hydrogens is 519 g/mol. The summed E-state index contributed by atoms with van der Waals surface area (Å²) >= 11 is 1.77. The van der Waals surface area contributed by atoms with Gasteiger partial charge >= 0.3 is 5.97 Å². The Labute approximate surface area is 242 Å². The Morgan fingerprint density at radius 2 is 1.93 bits per heavy atom. The molecule has 2 aromatic rings. The molecule has 1 aromatic heterocycles. The predicted octanol–water partition coefficient (Wildman–Crippen LogP) is 8.78. The van der Waals surface area contributed by atoms with Crippen molar-refractivity contribution >= 4 is 17.3 Å². The average Bonchev–Trinajstić information content (AvgIpc) is 3.20. The minimum atomic E-state index is -0.755. The molecule has 1 aromatic carbocycles. The SMILES string of the molecule is CCCC(Cc1nc(-c2ccccc2)cs1)C1=CC=C(CNC2=CC=C(CCC(=O)O)C(C)=CC2)C=CC1.CF. The molecule has 0 bridgehead atoms. The number of alkyl halides is 1. The van der Waals surface area contributed by atoms with Crippen molar-refractivity contribution in [3.05, 3.63) is 111 Å². The number of aliphatic carboxylic acids is 1. The lowest BCUT2D eigenvalue weighted by atomic mass is 9.89. The zero-order valence-electron chi connectivity index (χ0n) is 23.8. The highest BCUT2D eigenvalue weighted by molar-refractivity contribution is 7.09. The molecule has 2 aliphatic carbocycles. The van der Waals surface area contributed by atoms with Crippen molar-refractivity contribution in [1.82, 2.24) is 10.3 Å². The van der Waals surface area contributed by atoms with Gasteiger partial charge in [0.25, 0.3) is 0 Å². The number of nitrogens with one attached hydrogen (secondary N) is 1. The van der Waals surface area contributed by atoms with Crippen molar-refractivity contribution in [1.29, 1.82) is 0 Å². The normalized spacial score (nSPS) is 15.7. The van der Waals surface area contributed by atoms with Crippen LogP contribution in [0.4, 0.5) is 4.39 Å². The molecule has 0 spiro atoms. The Hall–Kier alpha value is -3.51.